The van der Waals surface area contributed by atoms with Gasteiger partial charge in [0.25, 0.3) is 0 Å². The van der Waals surface area contributed by atoms with E-state index >= 15 is 0 Å². The third-order valence-electron chi connectivity index (χ3n) is 2.73. The van der Waals surface area contributed by atoms with Gasteiger partial charge in [0.15, 0.2) is 0 Å². The van der Waals surface area contributed by atoms with E-state index in [1.165, 1.54) is 0 Å². The Morgan fingerprint density at radius 1 is 1.33 bits per heavy atom. The fourth-order valence-electron chi connectivity index (χ4n) is 1.90. The van der Waals surface area contributed by atoms with Gasteiger partial charge >= 0.3 is 0 Å². The predicted octanol–water partition coefficient (Wildman–Crippen LogP) is 3.68. The van der Waals surface area contributed by atoms with Crippen molar-refractivity contribution >= 4 is 23.2 Å². The van der Waals surface area contributed by atoms with Crippen LogP contribution < -0.4 is 0 Å². The second-order valence-electron chi connectivity index (χ2n) is 4.02. The number of aliphatic hydroxyl groups excluding tert-OH is 1. The minimum atomic E-state index is -0.909. The fraction of sp³-hybridized carbons (Fsp3) is 0.308. The van der Waals surface area contributed by atoms with E-state index in [1.54, 1.807) is 24.4 Å². The summed E-state index contributed by atoms with van der Waals surface area (Å²) in [5.74, 6) is 0.562. The number of aliphatic hydroxyl groups is 1. The van der Waals surface area contributed by atoms with Crippen LogP contribution in [0.4, 0.5) is 0 Å². The topological polar surface area (TPSA) is 38.0 Å². The zero-order valence-electron chi connectivity index (χ0n) is 9.98. The normalized spacial score (nSPS) is 12.7. The molecule has 0 saturated carbocycles. The monoisotopic (exact) mass is 284 g/mol. The number of halogens is 2. The lowest BCUT2D eigenvalue weighted by Gasteiger charge is -2.15. The largest absolute Gasteiger partial charge is 0.380 e. The van der Waals surface area contributed by atoms with Gasteiger partial charge in [-0.2, -0.15) is 0 Å². The standard InChI is InChI=1S/C13H14Cl2N2O/c1-2-7-17-8-6-16-13(17)12(18)11-9(14)4-3-5-10(11)15/h3-6,8,12,18H,2,7H2,1H3. The van der Waals surface area contributed by atoms with Gasteiger partial charge in [-0.05, 0) is 18.6 Å². The van der Waals surface area contributed by atoms with Crippen LogP contribution in [0, 0.1) is 0 Å². The summed E-state index contributed by atoms with van der Waals surface area (Å²) in [6.45, 7) is 2.87. The first-order chi connectivity index (χ1) is 8.65. The van der Waals surface area contributed by atoms with Crippen LogP contribution in [0.25, 0.3) is 0 Å². The minimum absolute atomic E-state index is 0.445. The molecule has 3 nitrogen and oxygen atoms in total. The Labute approximate surface area is 116 Å². The van der Waals surface area contributed by atoms with Gasteiger partial charge in [0.1, 0.15) is 11.9 Å². The Hall–Kier alpha value is -1.03. The van der Waals surface area contributed by atoms with Crippen molar-refractivity contribution in [2.24, 2.45) is 0 Å². The number of hydrogen-bond donors (Lipinski definition) is 1. The average molecular weight is 285 g/mol. The van der Waals surface area contributed by atoms with E-state index in [4.69, 9.17) is 23.2 Å². The molecular formula is C13H14Cl2N2O. The predicted molar refractivity (Wildman–Crippen MR) is 73.0 cm³/mol. The zero-order chi connectivity index (χ0) is 13.1. The second kappa shape index (κ2) is 5.74. The van der Waals surface area contributed by atoms with Crippen molar-refractivity contribution in [3.8, 4) is 0 Å². The van der Waals surface area contributed by atoms with Gasteiger partial charge in [0.05, 0.1) is 0 Å². The summed E-state index contributed by atoms with van der Waals surface area (Å²) in [4.78, 5) is 4.19. The molecule has 1 N–H and O–H groups in total. The van der Waals surface area contributed by atoms with Crippen molar-refractivity contribution in [1.82, 2.24) is 9.55 Å². The molecule has 2 aromatic rings. The zero-order valence-corrected chi connectivity index (χ0v) is 11.5. The Morgan fingerprint density at radius 2 is 2.00 bits per heavy atom. The van der Waals surface area contributed by atoms with Crippen molar-refractivity contribution in [2.75, 3.05) is 0 Å². The molecule has 1 aromatic heterocycles. The van der Waals surface area contributed by atoms with Crippen molar-refractivity contribution in [2.45, 2.75) is 26.0 Å². The van der Waals surface area contributed by atoms with Crippen LogP contribution in [-0.2, 0) is 6.54 Å². The molecule has 5 heteroatoms. The fourth-order valence-corrected chi connectivity index (χ4v) is 2.50. The molecule has 0 amide bonds. The Morgan fingerprint density at radius 3 is 2.61 bits per heavy atom. The van der Waals surface area contributed by atoms with Crippen molar-refractivity contribution < 1.29 is 5.11 Å². The molecule has 1 atom stereocenters. The van der Waals surface area contributed by atoms with E-state index in [1.807, 2.05) is 10.8 Å². The molecule has 0 spiro atoms. The molecule has 0 bridgehead atoms. The van der Waals surface area contributed by atoms with Crippen LogP contribution in [0.5, 0.6) is 0 Å². The number of imidazole rings is 1. The summed E-state index contributed by atoms with van der Waals surface area (Å²) in [6.07, 6.45) is 3.56. The van der Waals surface area contributed by atoms with Crippen LogP contribution in [0.3, 0.4) is 0 Å². The third kappa shape index (κ3) is 2.53. The quantitative estimate of drug-likeness (QED) is 0.930. The SMILES string of the molecule is CCCn1ccnc1C(O)c1c(Cl)cccc1Cl. The van der Waals surface area contributed by atoms with Gasteiger partial charge in [-0.25, -0.2) is 4.98 Å². The highest BCUT2D eigenvalue weighted by atomic mass is 35.5. The summed E-state index contributed by atoms with van der Waals surface area (Å²) in [5.41, 5.74) is 0.504. The van der Waals surface area contributed by atoms with Crippen LogP contribution >= 0.6 is 23.2 Å². The first-order valence-electron chi connectivity index (χ1n) is 5.78. The average Bonchev–Trinajstić information content (AvgIpc) is 2.77. The van der Waals surface area contributed by atoms with E-state index in [0.29, 0.717) is 21.4 Å². The number of aryl methyl sites for hydroxylation is 1. The molecule has 0 saturated heterocycles. The first kappa shape index (κ1) is 13.4. The van der Waals surface area contributed by atoms with Crippen LogP contribution in [0.2, 0.25) is 10.0 Å². The molecule has 0 aliphatic carbocycles. The molecule has 1 unspecified atom stereocenters. The van der Waals surface area contributed by atoms with E-state index in [-0.39, 0.29) is 0 Å². The number of hydrogen-bond acceptors (Lipinski definition) is 2. The number of aromatic nitrogens is 2. The van der Waals surface area contributed by atoms with Gasteiger partial charge in [-0.1, -0.05) is 36.2 Å². The summed E-state index contributed by atoms with van der Waals surface area (Å²) in [5, 5.41) is 11.3. The van der Waals surface area contributed by atoms with Gasteiger partial charge in [0.2, 0.25) is 0 Å². The minimum Gasteiger partial charge on any atom is -0.380 e. The number of rotatable bonds is 4. The van der Waals surface area contributed by atoms with Crippen molar-refractivity contribution in [1.29, 1.82) is 0 Å². The van der Waals surface area contributed by atoms with E-state index in [9.17, 15) is 5.11 Å². The smallest absolute Gasteiger partial charge is 0.142 e. The highest BCUT2D eigenvalue weighted by Gasteiger charge is 2.21. The summed E-state index contributed by atoms with van der Waals surface area (Å²) >= 11 is 12.2. The first-order valence-corrected chi connectivity index (χ1v) is 6.53. The van der Waals surface area contributed by atoms with Crippen LogP contribution in [-0.4, -0.2) is 14.7 Å². The van der Waals surface area contributed by atoms with E-state index in [2.05, 4.69) is 11.9 Å². The van der Waals surface area contributed by atoms with Gasteiger partial charge < -0.3 is 9.67 Å². The molecule has 1 aromatic carbocycles. The van der Waals surface area contributed by atoms with E-state index < -0.39 is 6.10 Å². The number of benzene rings is 1. The molecule has 0 radical (unpaired) electrons. The molecule has 0 aliphatic heterocycles. The summed E-state index contributed by atoms with van der Waals surface area (Å²) in [6, 6.07) is 5.16. The Balaban J connectivity index is 2.41. The molecular weight excluding hydrogens is 271 g/mol. The lowest BCUT2D eigenvalue weighted by molar-refractivity contribution is 0.204. The lowest BCUT2D eigenvalue weighted by Crippen LogP contribution is -2.10. The maximum absolute atomic E-state index is 10.4. The van der Waals surface area contributed by atoms with Crippen LogP contribution in [0.1, 0.15) is 30.8 Å². The Kier molecular flexibility index (Phi) is 4.27. The summed E-state index contributed by atoms with van der Waals surface area (Å²) < 4.78 is 1.91. The maximum Gasteiger partial charge on any atom is 0.142 e. The molecule has 18 heavy (non-hydrogen) atoms. The highest BCUT2D eigenvalue weighted by molar-refractivity contribution is 6.36. The van der Waals surface area contributed by atoms with E-state index in [0.717, 1.165) is 13.0 Å². The second-order valence-corrected chi connectivity index (χ2v) is 4.83. The number of nitrogens with zero attached hydrogens (tertiary/aromatic N) is 2. The van der Waals surface area contributed by atoms with Gasteiger partial charge in [-0.3, -0.25) is 0 Å². The van der Waals surface area contributed by atoms with Crippen LogP contribution in [0.15, 0.2) is 30.6 Å². The van der Waals surface area contributed by atoms with Gasteiger partial charge in [-0.15, -0.1) is 0 Å². The molecule has 1 heterocycles. The molecule has 0 fully saturated rings. The van der Waals surface area contributed by atoms with Gasteiger partial charge in [0, 0.05) is 34.5 Å². The third-order valence-corrected chi connectivity index (χ3v) is 3.39. The maximum atomic E-state index is 10.4. The molecule has 0 aliphatic rings. The van der Waals surface area contributed by atoms with Crippen molar-refractivity contribution in [3.05, 3.63) is 52.0 Å². The highest BCUT2D eigenvalue weighted by Crippen LogP contribution is 2.33. The molecule has 96 valence electrons. The molecule has 2 rings (SSSR count). The van der Waals surface area contributed by atoms with Crippen molar-refractivity contribution in [3.63, 3.8) is 0 Å². The Bertz CT molecular complexity index is 519. The summed E-state index contributed by atoms with van der Waals surface area (Å²) in [7, 11) is 0. The lowest BCUT2D eigenvalue weighted by atomic mass is 10.1.